The van der Waals surface area contributed by atoms with Gasteiger partial charge in [0.05, 0.1) is 23.9 Å². The standard InChI is InChI=1S/C23H19F2N11O/c1-14-30-20(12-27)32-35(14)21-18(25)13-28-22(31-21)33-4-6-34(7-5-33)23(37)36-19(2-3-29-36)16-8-15(11-26)9-17(24)10-16/h3,8-10,13,19H,2,4-7H2,1H3/t19-/m0/s1. The zero-order chi connectivity index (χ0) is 26.1. The van der Waals surface area contributed by atoms with E-state index in [2.05, 4.69) is 25.2 Å². The highest BCUT2D eigenvalue weighted by Crippen LogP contribution is 2.30. The second kappa shape index (κ2) is 9.58. The van der Waals surface area contributed by atoms with Crippen LogP contribution in [0, 0.1) is 41.2 Å². The van der Waals surface area contributed by atoms with Crippen LogP contribution in [0.15, 0.2) is 29.5 Å². The third kappa shape index (κ3) is 4.52. The zero-order valence-electron chi connectivity index (χ0n) is 19.6. The predicted molar refractivity (Wildman–Crippen MR) is 124 cm³/mol. The van der Waals surface area contributed by atoms with Crippen molar-refractivity contribution in [1.29, 1.82) is 10.5 Å². The molecule has 0 N–H and O–H groups in total. The first kappa shape index (κ1) is 23.7. The lowest BCUT2D eigenvalue weighted by molar-refractivity contribution is 0.139. The highest BCUT2D eigenvalue weighted by Gasteiger charge is 2.34. The lowest BCUT2D eigenvalue weighted by Gasteiger charge is -2.37. The quantitative estimate of drug-likeness (QED) is 0.528. The van der Waals surface area contributed by atoms with Crippen molar-refractivity contribution in [2.75, 3.05) is 31.1 Å². The van der Waals surface area contributed by atoms with Crippen LogP contribution in [0.3, 0.4) is 0 Å². The molecule has 1 saturated heterocycles. The van der Waals surface area contributed by atoms with E-state index in [9.17, 15) is 13.6 Å². The van der Waals surface area contributed by atoms with Crippen LogP contribution in [-0.2, 0) is 0 Å². The van der Waals surface area contributed by atoms with Gasteiger partial charge in [0, 0.05) is 38.8 Å². The molecule has 0 bridgehead atoms. The molecule has 2 amide bonds. The van der Waals surface area contributed by atoms with Gasteiger partial charge in [-0.05, 0) is 30.7 Å². The largest absolute Gasteiger partial charge is 0.341 e. The normalized spacial score (nSPS) is 17.1. The lowest BCUT2D eigenvalue weighted by atomic mass is 10.0. The summed E-state index contributed by atoms with van der Waals surface area (Å²) in [4.78, 5) is 29.0. The number of halogens is 2. The molecule has 2 aromatic heterocycles. The highest BCUT2D eigenvalue weighted by molar-refractivity contribution is 5.78. The van der Waals surface area contributed by atoms with Crippen molar-refractivity contribution >= 4 is 18.2 Å². The van der Waals surface area contributed by atoms with E-state index in [1.807, 2.05) is 12.1 Å². The van der Waals surface area contributed by atoms with Gasteiger partial charge >= 0.3 is 6.03 Å². The molecule has 3 aromatic rings. The second-order valence-electron chi connectivity index (χ2n) is 8.38. The van der Waals surface area contributed by atoms with Crippen molar-refractivity contribution in [3.8, 4) is 18.0 Å². The van der Waals surface area contributed by atoms with Crippen molar-refractivity contribution in [3.63, 3.8) is 0 Å². The third-order valence-electron chi connectivity index (χ3n) is 6.08. The molecule has 5 rings (SSSR count). The fraction of sp³-hybridized carbons (Fsp3) is 0.304. The first-order chi connectivity index (χ1) is 17.9. The number of anilines is 1. The molecular weight excluding hydrogens is 484 g/mol. The summed E-state index contributed by atoms with van der Waals surface area (Å²) in [5, 5.41) is 27.6. The molecule has 4 heterocycles. The molecule has 0 saturated carbocycles. The Bertz CT molecular complexity index is 1480. The molecule has 1 aromatic carbocycles. The van der Waals surface area contributed by atoms with E-state index < -0.39 is 17.7 Å². The van der Waals surface area contributed by atoms with Gasteiger partial charge in [-0.15, -0.1) is 5.10 Å². The second-order valence-corrected chi connectivity index (χ2v) is 8.38. The van der Waals surface area contributed by atoms with Crippen molar-refractivity contribution in [1.82, 2.24) is 34.6 Å². The van der Waals surface area contributed by atoms with Gasteiger partial charge in [-0.1, -0.05) is 0 Å². The Morgan fingerprint density at radius 3 is 2.57 bits per heavy atom. The van der Waals surface area contributed by atoms with Crippen LogP contribution in [0.1, 0.15) is 35.2 Å². The van der Waals surface area contributed by atoms with Crippen molar-refractivity contribution in [2.45, 2.75) is 19.4 Å². The van der Waals surface area contributed by atoms with Gasteiger partial charge in [-0.3, -0.25) is 0 Å². The number of aromatic nitrogens is 5. The minimum absolute atomic E-state index is 0.103. The summed E-state index contributed by atoms with van der Waals surface area (Å²) in [7, 11) is 0. The average Bonchev–Trinajstić information content (AvgIpc) is 3.55. The number of carbonyl (C=O) groups is 1. The van der Waals surface area contributed by atoms with Crippen molar-refractivity contribution < 1.29 is 13.6 Å². The molecule has 0 spiro atoms. The fourth-order valence-corrected chi connectivity index (χ4v) is 4.28. The number of hydrogen-bond acceptors (Lipinski definition) is 9. The first-order valence-electron chi connectivity index (χ1n) is 11.3. The summed E-state index contributed by atoms with van der Waals surface area (Å²) in [6, 6.07) is 6.88. The van der Waals surface area contributed by atoms with Crippen LogP contribution in [0.5, 0.6) is 0 Å². The summed E-state index contributed by atoms with van der Waals surface area (Å²) in [6.07, 6.45) is 3.02. The van der Waals surface area contributed by atoms with Gasteiger partial charge in [0.15, 0.2) is 11.6 Å². The van der Waals surface area contributed by atoms with E-state index in [0.717, 1.165) is 16.9 Å². The molecule has 0 unspecified atom stereocenters. The summed E-state index contributed by atoms with van der Waals surface area (Å²) in [5.74, 6) is -0.949. The SMILES string of the molecule is Cc1nc(C#N)nn1-c1nc(N2CCN(C(=O)N3N=CC[C@H]3c3cc(F)cc(C#N)c3)CC2)ncc1F. The molecule has 2 aliphatic rings. The average molecular weight is 503 g/mol. The molecule has 14 heteroatoms. The van der Waals surface area contributed by atoms with E-state index >= 15 is 0 Å². The maximum Gasteiger partial charge on any atom is 0.341 e. The van der Waals surface area contributed by atoms with E-state index in [-0.39, 0.29) is 29.2 Å². The molecule has 186 valence electrons. The molecular formula is C23H19F2N11O. The maximum absolute atomic E-state index is 14.5. The van der Waals surface area contributed by atoms with Crippen molar-refractivity contribution in [3.05, 3.63) is 58.8 Å². The van der Waals surface area contributed by atoms with Gasteiger partial charge in [0.25, 0.3) is 5.82 Å². The van der Waals surface area contributed by atoms with Crippen LogP contribution in [0.2, 0.25) is 0 Å². The summed E-state index contributed by atoms with van der Waals surface area (Å²) < 4.78 is 29.6. The molecule has 1 fully saturated rings. The number of carbonyl (C=O) groups excluding carboxylic acids is 1. The fourth-order valence-electron chi connectivity index (χ4n) is 4.28. The van der Waals surface area contributed by atoms with Gasteiger partial charge < -0.3 is 9.80 Å². The summed E-state index contributed by atoms with van der Waals surface area (Å²) in [5.41, 5.74) is 0.669. The number of piperazine rings is 1. The monoisotopic (exact) mass is 503 g/mol. The Kier molecular flexibility index (Phi) is 6.15. The van der Waals surface area contributed by atoms with E-state index in [1.54, 1.807) is 29.0 Å². The lowest BCUT2D eigenvalue weighted by Crippen LogP contribution is -2.52. The molecule has 12 nitrogen and oxygen atoms in total. The first-order valence-corrected chi connectivity index (χ1v) is 11.3. The van der Waals surface area contributed by atoms with Crippen LogP contribution in [0.25, 0.3) is 5.82 Å². The van der Waals surface area contributed by atoms with Gasteiger partial charge in [0.2, 0.25) is 5.95 Å². The maximum atomic E-state index is 14.5. The minimum Gasteiger partial charge on any atom is -0.337 e. The number of nitrogens with zero attached hydrogens (tertiary/aromatic N) is 11. The van der Waals surface area contributed by atoms with Crippen LogP contribution in [0.4, 0.5) is 19.5 Å². The Hall–Kier alpha value is -4.98. The van der Waals surface area contributed by atoms with Crippen LogP contribution < -0.4 is 4.90 Å². The van der Waals surface area contributed by atoms with Gasteiger partial charge in [-0.2, -0.15) is 25.3 Å². The van der Waals surface area contributed by atoms with Crippen molar-refractivity contribution in [2.24, 2.45) is 5.10 Å². The highest BCUT2D eigenvalue weighted by atomic mass is 19.1. The van der Waals surface area contributed by atoms with Gasteiger partial charge in [-0.25, -0.2) is 28.6 Å². The number of rotatable bonds is 3. The molecule has 0 aliphatic carbocycles. The smallest absolute Gasteiger partial charge is 0.337 e. The number of nitriles is 2. The molecule has 2 aliphatic heterocycles. The van der Waals surface area contributed by atoms with E-state index in [0.29, 0.717) is 44.0 Å². The summed E-state index contributed by atoms with van der Waals surface area (Å²) in [6.45, 7) is 2.97. The van der Waals surface area contributed by atoms with Crippen LogP contribution >= 0.6 is 0 Å². The minimum atomic E-state index is -0.718. The number of hydrogen-bond donors (Lipinski definition) is 0. The number of hydrazone groups is 1. The van der Waals surface area contributed by atoms with Crippen LogP contribution in [-0.4, -0.2) is 73.1 Å². The molecule has 1 atom stereocenters. The summed E-state index contributed by atoms with van der Waals surface area (Å²) >= 11 is 0. The number of urea groups is 1. The topological polar surface area (TPSA) is 143 Å². The van der Waals surface area contributed by atoms with E-state index in [1.165, 1.54) is 11.1 Å². The molecule has 0 radical (unpaired) electrons. The number of aryl methyl sites for hydroxylation is 1. The van der Waals surface area contributed by atoms with E-state index in [4.69, 9.17) is 10.5 Å². The predicted octanol–water partition coefficient (Wildman–Crippen LogP) is 2.06. The Morgan fingerprint density at radius 1 is 1.08 bits per heavy atom. The number of benzene rings is 1. The zero-order valence-corrected chi connectivity index (χ0v) is 19.6. The Morgan fingerprint density at radius 2 is 1.86 bits per heavy atom. The van der Waals surface area contributed by atoms with Gasteiger partial charge in [0.1, 0.15) is 17.7 Å². The Labute approximate surface area is 209 Å². The molecule has 37 heavy (non-hydrogen) atoms. The number of amides is 2. The third-order valence-corrected chi connectivity index (χ3v) is 6.08. The Balaban J connectivity index is 1.29.